The van der Waals surface area contributed by atoms with E-state index in [-0.39, 0.29) is 5.82 Å². The maximum atomic E-state index is 14.0. The zero-order valence-electron chi connectivity index (χ0n) is 13.3. The molecule has 1 N–H and O–H groups in total. The highest BCUT2D eigenvalue weighted by Gasteiger charge is 2.31. The maximum absolute atomic E-state index is 14.0. The molecule has 126 valence electrons. The van der Waals surface area contributed by atoms with Gasteiger partial charge in [0.15, 0.2) is 5.11 Å². The van der Waals surface area contributed by atoms with Gasteiger partial charge in [0.25, 0.3) is 0 Å². The van der Waals surface area contributed by atoms with Gasteiger partial charge in [0.2, 0.25) is 0 Å². The molecular weight excluding hydrogens is 347 g/mol. The molecule has 2 aromatic rings. The van der Waals surface area contributed by atoms with Crippen molar-refractivity contribution in [2.24, 2.45) is 0 Å². The van der Waals surface area contributed by atoms with Crippen molar-refractivity contribution in [2.75, 3.05) is 12.4 Å². The molecule has 0 atom stereocenters. The van der Waals surface area contributed by atoms with Gasteiger partial charge in [0.05, 0.1) is 12.8 Å². The van der Waals surface area contributed by atoms with Crippen molar-refractivity contribution in [3.8, 4) is 5.75 Å². The number of methoxy groups -OCH3 is 1. The number of halogens is 2. The molecular formula is C18H18ClFN2OS. The SMILES string of the molecule is COc1cc(Cl)ccc1NC(=S)N(Cc1ccccc1F)C1CC1. The normalized spacial score (nSPS) is 13.5. The molecule has 0 saturated heterocycles. The number of hydrogen-bond donors (Lipinski definition) is 1. The molecule has 1 fully saturated rings. The molecule has 0 amide bonds. The van der Waals surface area contributed by atoms with Crippen LogP contribution in [-0.4, -0.2) is 23.2 Å². The summed E-state index contributed by atoms with van der Waals surface area (Å²) in [6.07, 6.45) is 2.13. The molecule has 0 unspecified atom stereocenters. The summed E-state index contributed by atoms with van der Waals surface area (Å²) in [7, 11) is 1.58. The number of nitrogens with one attached hydrogen (secondary N) is 1. The Hall–Kier alpha value is -1.85. The van der Waals surface area contributed by atoms with Crippen molar-refractivity contribution in [2.45, 2.75) is 25.4 Å². The van der Waals surface area contributed by atoms with E-state index in [1.165, 1.54) is 6.07 Å². The van der Waals surface area contributed by atoms with E-state index in [1.54, 1.807) is 31.4 Å². The number of anilines is 1. The van der Waals surface area contributed by atoms with Gasteiger partial charge in [-0.3, -0.25) is 0 Å². The average molecular weight is 365 g/mol. The van der Waals surface area contributed by atoms with Crippen molar-refractivity contribution in [1.29, 1.82) is 0 Å². The Morgan fingerprint density at radius 2 is 2.08 bits per heavy atom. The fraction of sp³-hybridized carbons (Fsp3) is 0.278. The fourth-order valence-electron chi connectivity index (χ4n) is 2.52. The molecule has 6 heteroatoms. The van der Waals surface area contributed by atoms with E-state index in [2.05, 4.69) is 5.32 Å². The van der Waals surface area contributed by atoms with Gasteiger partial charge in [-0.05, 0) is 43.3 Å². The minimum absolute atomic E-state index is 0.213. The summed E-state index contributed by atoms with van der Waals surface area (Å²) in [6, 6.07) is 12.5. The van der Waals surface area contributed by atoms with E-state index in [0.29, 0.717) is 34.0 Å². The van der Waals surface area contributed by atoms with Crippen LogP contribution in [0.2, 0.25) is 5.02 Å². The first-order valence-electron chi connectivity index (χ1n) is 7.73. The molecule has 0 heterocycles. The highest BCUT2D eigenvalue weighted by molar-refractivity contribution is 7.80. The van der Waals surface area contributed by atoms with Gasteiger partial charge in [-0.1, -0.05) is 29.8 Å². The largest absolute Gasteiger partial charge is 0.495 e. The van der Waals surface area contributed by atoms with E-state index in [4.69, 9.17) is 28.6 Å². The van der Waals surface area contributed by atoms with Crippen molar-refractivity contribution < 1.29 is 9.13 Å². The topological polar surface area (TPSA) is 24.5 Å². The lowest BCUT2D eigenvalue weighted by Crippen LogP contribution is -2.36. The molecule has 2 aromatic carbocycles. The van der Waals surface area contributed by atoms with Gasteiger partial charge in [-0.2, -0.15) is 0 Å². The minimum Gasteiger partial charge on any atom is -0.495 e. The second-order valence-corrected chi connectivity index (χ2v) is 6.55. The van der Waals surface area contributed by atoms with E-state index in [9.17, 15) is 4.39 Å². The van der Waals surface area contributed by atoms with Crippen LogP contribution in [-0.2, 0) is 6.54 Å². The van der Waals surface area contributed by atoms with Crippen LogP contribution in [0.15, 0.2) is 42.5 Å². The van der Waals surface area contributed by atoms with Crippen molar-refractivity contribution >= 4 is 34.6 Å². The Balaban J connectivity index is 1.77. The molecule has 3 rings (SSSR count). The van der Waals surface area contributed by atoms with Crippen LogP contribution in [0, 0.1) is 5.82 Å². The molecule has 1 aliphatic rings. The second-order valence-electron chi connectivity index (χ2n) is 5.73. The predicted molar refractivity (Wildman–Crippen MR) is 99.2 cm³/mol. The summed E-state index contributed by atoms with van der Waals surface area (Å²) in [5, 5.41) is 4.35. The van der Waals surface area contributed by atoms with Gasteiger partial charge in [0.1, 0.15) is 11.6 Å². The van der Waals surface area contributed by atoms with Crippen LogP contribution < -0.4 is 10.1 Å². The van der Waals surface area contributed by atoms with Gasteiger partial charge in [-0.25, -0.2) is 4.39 Å². The quantitative estimate of drug-likeness (QED) is 0.766. The Kier molecular flexibility index (Phi) is 5.21. The van der Waals surface area contributed by atoms with Crippen LogP contribution in [0.5, 0.6) is 5.75 Å². The lowest BCUT2D eigenvalue weighted by Gasteiger charge is -2.26. The van der Waals surface area contributed by atoms with Gasteiger partial charge in [0, 0.05) is 29.2 Å². The summed E-state index contributed by atoms with van der Waals surface area (Å²) < 4.78 is 19.3. The molecule has 1 aliphatic carbocycles. The second kappa shape index (κ2) is 7.36. The molecule has 0 aliphatic heterocycles. The highest BCUT2D eigenvalue weighted by atomic mass is 35.5. The fourth-order valence-corrected chi connectivity index (χ4v) is 3.00. The number of benzene rings is 2. The number of rotatable bonds is 5. The van der Waals surface area contributed by atoms with Crippen molar-refractivity contribution in [3.63, 3.8) is 0 Å². The zero-order valence-corrected chi connectivity index (χ0v) is 14.8. The Morgan fingerprint density at radius 3 is 2.75 bits per heavy atom. The number of thiocarbonyl (C=S) groups is 1. The van der Waals surface area contributed by atoms with E-state index >= 15 is 0 Å². The Morgan fingerprint density at radius 1 is 1.33 bits per heavy atom. The molecule has 0 bridgehead atoms. The summed E-state index contributed by atoms with van der Waals surface area (Å²) in [5.74, 6) is 0.404. The third-order valence-electron chi connectivity index (χ3n) is 3.95. The lowest BCUT2D eigenvalue weighted by molar-refractivity contribution is 0.398. The first-order chi connectivity index (χ1) is 11.6. The summed E-state index contributed by atoms with van der Waals surface area (Å²) >= 11 is 11.5. The lowest BCUT2D eigenvalue weighted by atomic mass is 10.2. The Labute approximate surface area is 151 Å². The van der Waals surface area contributed by atoms with E-state index < -0.39 is 0 Å². The van der Waals surface area contributed by atoms with Crippen molar-refractivity contribution in [1.82, 2.24) is 4.90 Å². The van der Waals surface area contributed by atoms with Gasteiger partial charge < -0.3 is 15.0 Å². The first-order valence-corrected chi connectivity index (χ1v) is 8.51. The first kappa shape index (κ1) is 17.0. The third-order valence-corrected chi connectivity index (χ3v) is 4.52. The standard InChI is InChI=1S/C18H18ClFN2OS/c1-23-17-10-13(19)6-9-16(17)21-18(24)22(14-7-8-14)11-12-4-2-3-5-15(12)20/h2-6,9-10,14H,7-8,11H2,1H3,(H,21,24). The number of ether oxygens (including phenoxy) is 1. The number of hydrogen-bond acceptors (Lipinski definition) is 2. The monoisotopic (exact) mass is 364 g/mol. The molecule has 0 spiro atoms. The number of nitrogens with zero attached hydrogens (tertiary/aromatic N) is 1. The maximum Gasteiger partial charge on any atom is 0.174 e. The van der Waals surface area contributed by atoms with E-state index in [1.807, 2.05) is 17.0 Å². The summed E-state index contributed by atoms with van der Waals surface area (Å²) in [5.41, 5.74) is 1.38. The molecule has 24 heavy (non-hydrogen) atoms. The van der Waals surface area contributed by atoms with Crippen LogP contribution >= 0.6 is 23.8 Å². The van der Waals surface area contributed by atoms with Crippen molar-refractivity contribution in [3.05, 3.63) is 58.9 Å². The van der Waals surface area contributed by atoms with Crippen LogP contribution in [0.25, 0.3) is 0 Å². The zero-order chi connectivity index (χ0) is 17.1. The predicted octanol–water partition coefficient (Wildman–Crippen LogP) is 4.85. The molecule has 3 nitrogen and oxygen atoms in total. The third kappa shape index (κ3) is 3.97. The average Bonchev–Trinajstić information content (AvgIpc) is 3.40. The molecule has 1 saturated carbocycles. The van der Waals surface area contributed by atoms with Crippen LogP contribution in [0.4, 0.5) is 10.1 Å². The molecule has 0 aromatic heterocycles. The van der Waals surface area contributed by atoms with Gasteiger partial charge in [-0.15, -0.1) is 0 Å². The van der Waals surface area contributed by atoms with E-state index in [0.717, 1.165) is 18.5 Å². The highest BCUT2D eigenvalue weighted by Crippen LogP contribution is 2.32. The van der Waals surface area contributed by atoms with Crippen LogP contribution in [0.3, 0.4) is 0 Å². The van der Waals surface area contributed by atoms with Crippen LogP contribution in [0.1, 0.15) is 18.4 Å². The summed E-state index contributed by atoms with van der Waals surface area (Å²) in [4.78, 5) is 2.03. The van der Waals surface area contributed by atoms with Gasteiger partial charge >= 0.3 is 0 Å². The smallest absolute Gasteiger partial charge is 0.174 e. The molecule has 0 radical (unpaired) electrons. The minimum atomic E-state index is -0.213. The Bertz CT molecular complexity index is 752. The summed E-state index contributed by atoms with van der Waals surface area (Å²) in [6.45, 7) is 0.444.